The second-order valence-electron chi connectivity index (χ2n) is 4.60. The third kappa shape index (κ3) is 4.55. The first kappa shape index (κ1) is 16.0. The first-order valence-electron chi connectivity index (χ1n) is 6.33. The Bertz CT molecular complexity index is 476. The minimum Gasteiger partial charge on any atom is -0.481 e. The number of hydrogen-bond acceptors (Lipinski definition) is 3. The molecule has 20 heavy (non-hydrogen) atoms. The molecule has 3 N–H and O–H groups in total. The molecule has 0 aliphatic heterocycles. The van der Waals surface area contributed by atoms with E-state index in [0.29, 0.717) is 12.3 Å². The van der Waals surface area contributed by atoms with E-state index in [1.54, 1.807) is 33.1 Å². The zero-order valence-corrected chi connectivity index (χ0v) is 11.8. The molecule has 0 aromatic heterocycles. The molecule has 0 bridgehead atoms. The van der Waals surface area contributed by atoms with Crippen molar-refractivity contribution in [2.24, 2.45) is 5.92 Å². The zero-order chi connectivity index (χ0) is 15.1. The molecule has 1 aromatic carbocycles. The van der Waals surface area contributed by atoms with Gasteiger partial charge in [-0.2, -0.15) is 0 Å². The summed E-state index contributed by atoms with van der Waals surface area (Å²) in [6.07, 6.45) is 0. The number of rotatable bonds is 6. The van der Waals surface area contributed by atoms with Gasteiger partial charge in [0.05, 0.1) is 12.5 Å². The number of carbonyl (C=O) groups is 2. The largest absolute Gasteiger partial charge is 0.481 e. The molecule has 6 heteroatoms. The smallest absolute Gasteiger partial charge is 0.319 e. The predicted octanol–water partition coefficient (Wildman–Crippen LogP) is 2.06. The van der Waals surface area contributed by atoms with Crippen molar-refractivity contribution in [2.45, 2.75) is 26.5 Å². The molecule has 1 aromatic rings. The van der Waals surface area contributed by atoms with Gasteiger partial charge in [0.1, 0.15) is 0 Å². The van der Waals surface area contributed by atoms with Gasteiger partial charge in [0.2, 0.25) is 0 Å². The SMILES string of the molecule is COCc1ccccc1NC(=O)NC(C)C(C)C(=O)O. The Kier molecular flexibility index (Phi) is 5.99. The Hall–Kier alpha value is -2.08. The molecule has 0 aliphatic rings. The van der Waals surface area contributed by atoms with Crippen LogP contribution >= 0.6 is 0 Å². The fourth-order valence-electron chi connectivity index (χ4n) is 1.63. The molecule has 2 amide bonds. The average Bonchev–Trinajstić information content (AvgIpc) is 2.40. The molecule has 110 valence electrons. The van der Waals surface area contributed by atoms with Crippen LogP contribution in [0.3, 0.4) is 0 Å². The van der Waals surface area contributed by atoms with E-state index in [9.17, 15) is 9.59 Å². The normalized spacial score (nSPS) is 13.3. The van der Waals surface area contributed by atoms with Crippen LogP contribution in [-0.2, 0) is 16.1 Å². The second kappa shape index (κ2) is 7.49. The second-order valence-corrected chi connectivity index (χ2v) is 4.60. The monoisotopic (exact) mass is 280 g/mol. The maximum Gasteiger partial charge on any atom is 0.319 e. The number of urea groups is 1. The van der Waals surface area contributed by atoms with Gasteiger partial charge >= 0.3 is 12.0 Å². The summed E-state index contributed by atoms with van der Waals surface area (Å²) in [4.78, 5) is 22.7. The number of nitrogens with one attached hydrogen (secondary N) is 2. The van der Waals surface area contributed by atoms with Crippen LogP contribution in [0.25, 0.3) is 0 Å². The van der Waals surface area contributed by atoms with Crippen molar-refractivity contribution in [1.29, 1.82) is 0 Å². The lowest BCUT2D eigenvalue weighted by atomic mass is 10.0. The van der Waals surface area contributed by atoms with E-state index in [0.717, 1.165) is 5.56 Å². The quantitative estimate of drug-likeness (QED) is 0.744. The van der Waals surface area contributed by atoms with Gasteiger partial charge in [0.25, 0.3) is 0 Å². The summed E-state index contributed by atoms with van der Waals surface area (Å²) in [5, 5.41) is 14.2. The number of methoxy groups -OCH3 is 1. The highest BCUT2D eigenvalue weighted by atomic mass is 16.5. The number of ether oxygens (including phenoxy) is 1. The van der Waals surface area contributed by atoms with Crippen molar-refractivity contribution in [2.75, 3.05) is 12.4 Å². The molecule has 0 fully saturated rings. The Balaban J connectivity index is 2.65. The lowest BCUT2D eigenvalue weighted by molar-refractivity contribution is -0.141. The van der Waals surface area contributed by atoms with E-state index in [-0.39, 0.29) is 0 Å². The molecule has 0 aliphatic carbocycles. The molecule has 6 nitrogen and oxygen atoms in total. The number of anilines is 1. The summed E-state index contributed by atoms with van der Waals surface area (Å²) in [5.41, 5.74) is 1.49. The van der Waals surface area contributed by atoms with Gasteiger partial charge in [-0.1, -0.05) is 18.2 Å². The third-order valence-electron chi connectivity index (χ3n) is 3.06. The molecule has 0 saturated carbocycles. The third-order valence-corrected chi connectivity index (χ3v) is 3.06. The lowest BCUT2D eigenvalue weighted by Crippen LogP contribution is -2.42. The highest BCUT2D eigenvalue weighted by molar-refractivity contribution is 5.90. The Morgan fingerprint density at radius 1 is 1.30 bits per heavy atom. The van der Waals surface area contributed by atoms with E-state index in [4.69, 9.17) is 9.84 Å². The van der Waals surface area contributed by atoms with Gasteiger partial charge in [0, 0.05) is 24.4 Å². The van der Waals surface area contributed by atoms with E-state index in [1.165, 1.54) is 0 Å². The summed E-state index contributed by atoms with van der Waals surface area (Å²) in [6, 6.07) is 6.36. The number of carbonyl (C=O) groups excluding carboxylic acids is 1. The Morgan fingerprint density at radius 2 is 1.95 bits per heavy atom. The molecule has 0 heterocycles. The summed E-state index contributed by atoms with van der Waals surface area (Å²) in [6.45, 7) is 3.59. The summed E-state index contributed by atoms with van der Waals surface area (Å²) >= 11 is 0. The van der Waals surface area contributed by atoms with Gasteiger partial charge in [-0.25, -0.2) is 4.79 Å². The van der Waals surface area contributed by atoms with Crippen LogP contribution in [0.4, 0.5) is 10.5 Å². The highest BCUT2D eigenvalue weighted by Gasteiger charge is 2.21. The standard InChI is InChI=1S/C14H20N2O4/c1-9(13(17)18)10(2)15-14(19)16-12-7-5-4-6-11(12)8-20-3/h4-7,9-10H,8H2,1-3H3,(H,17,18)(H2,15,16,19). The minimum absolute atomic E-state index is 0.386. The Labute approximate surface area is 118 Å². The van der Waals surface area contributed by atoms with E-state index < -0.39 is 24.0 Å². The van der Waals surface area contributed by atoms with Crippen LogP contribution in [0.1, 0.15) is 19.4 Å². The molecule has 2 unspecified atom stereocenters. The molecule has 1 rings (SSSR count). The minimum atomic E-state index is -0.947. The highest BCUT2D eigenvalue weighted by Crippen LogP contribution is 2.15. The average molecular weight is 280 g/mol. The van der Waals surface area contributed by atoms with E-state index >= 15 is 0 Å². The topological polar surface area (TPSA) is 87.7 Å². The maximum absolute atomic E-state index is 11.9. The van der Waals surface area contributed by atoms with Gasteiger partial charge in [-0.15, -0.1) is 0 Å². The molecular formula is C14H20N2O4. The summed E-state index contributed by atoms with van der Waals surface area (Å²) in [7, 11) is 1.58. The number of hydrogen-bond donors (Lipinski definition) is 3. The van der Waals surface area contributed by atoms with Crippen molar-refractivity contribution < 1.29 is 19.4 Å². The summed E-state index contributed by atoms with van der Waals surface area (Å²) in [5.74, 6) is -1.60. The van der Waals surface area contributed by atoms with Crippen LogP contribution < -0.4 is 10.6 Å². The van der Waals surface area contributed by atoms with Crippen molar-refractivity contribution in [1.82, 2.24) is 5.32 Å². The van der Waals surface area contributed by atoms with E-state index in [1.807, 2.05) is 12.1 Å². The van der Waals surface area contributed by atoms with Crippen molar-refractivity contribution in [3.63, 3.8) is 0 Å². The maximum atomic E-state index is 11.9. The Morgan fingerprint density at radius 3 is 2.55 bits per heavy atom. The van der Waals surface area contributed by atoms with Gasteiger partial charge in [-0.3, -0.25) is 4.79 Å². The van der Waals surface area contributed by atoms with Crippen molar-refractivity contribution in [3.8, 4) is 0 Å². The number of carboxylic acids is 1. The van der Waals surface area contributed by atoms with Gasteiger partial charge in [-0.05, 0) is 19.9 Å². The number of amides is 2. The zero-order valence-electron chi connectivity index (χ0n) is 11.8. The fraction of sp³-hybridized carbons (Fsp3) is 0.429. The van der Waals surface area contributed by atoms with Crippen molar-refractivity contribution >= 4 is 17.7 Å². The van der Waals surface area contributed by atoms with Gasteiger partial charge < -0.3 is 20.5 Å². The van der Waals surface area contributed by atoms with Crippen LogP contribution in [0.2, 0.25) is 0 Å². The molecule has 0 radical (unpaired) electrons. The summed E-state index contributed by atoms with van der Waals surface area (Å²) < 4.78 is 5.05. The predicted molar refractivity (Wildman–Crippen MR) is 75.6 cm³/mol. The van der Waals surface area contributed by atoms with Crippen molar-refractivity contribution in [3.05, 3.63) is 29.8 Å². The number of carboxylic acid groups (broad SMARTS) is 1. The molecule has 0 saturated heterocycles. The van der Waals surface area contributed by atoms with Crippen LogP contribution in [0, 0.1) is 5.92 Å². The van der Waals surface area contributed by atoms with Crippen LogP contribution in [-0.4, -0.2) is 30.3 Å². The first-order valence-corrected chi connectivity index (χ1v) is 6.33. The molecule has 0 spiro atoms. The molecular weight excluding hydrogens is 260 g/mol. The van der Waals surface area contributed by atoms with E-state index in [2.05, 4.69) is 10.6 Å². The molecule has 2 atom stereocenters. The first-order chi connectivity index (χ1) is 9.45. The van der Waals surface area contributed by atoms with Crippen LogP contribution in [0.15, 0.2) is 24.3 Å². The number of benzene rings is 1. The van der Waals surface area contributed by atoms with Crippen LogP contribution in [0.5, 0.6) is 0 Å². The lowest BCUT2D eigenvalue weighted by Gasteiger charge is -2.19. The van der Waals surface area contributed by atoms with Gasteiger partial charge in [0.15, 0.2) is 0 Å². The number of aliphatic carboxylic acids is 1. The fourth-order valence-corrected chi connectivity index (χ4v) is 1.63. The number of para-hydroxylation sites is 1.